The van der Waals surface area contributed by atoms with Crippen LogP contribution in [0.1, 0.15) is 37.5 Å². The Bertz CT molecular complexity index is 1510. The van der Waals surface area contributed by atoms with Crippen molar-refractivity contribution >= 4 is 27.6 Å². The van der Waals surface area contributed by atoms with Gasteiger partial charge in [0.2, 0.25) is 11.4 Å². The molecule has 0 amide bonds. The number of hydrogen-bond donors (Lipinski definition) is 0. The maximum atomic E-state index is 8.88. The molecule has 0 unspecified atom stereocenters. The second-order valence-electron chi connectivity index (χ2n) is 6.81. The smallest absolute Gasteiger partial charge is 0.229 e. The van der Waals surface area contributed by atoms with E-state index in [1.54, 1.807) is 56.7 Å². The number of aromatic nitrogens is 1. The van der Waals surface area contributed by atoms with E-state index in [1.807, 2.05) is 0 Å². The summed E-state index contributed by atoms with van der Waals surface area (Å²) in [6.07, 6.45) is 0. The summed E-state index contributed by atoms with van der Waals surface area (Å²) in [7, 11) is 1.69. The van der Waals surface area contributed by atoms with Crippen molar-refractivity contribution in [1.29, 1.82) is 0 Å². The van der Waals surface area contributed by atoms with Gasteiger partial charge >= 0.3 is 0 Å². The summed E-state index contributed by atoms with van der Waals surface area (Å²) in [5, 5.41) is 0.883. The Morgan fingerprint density at radius 3 is 2.63 bits per heavy atom. The van der Waals surface area contributed by atoms with Crippen LogP contribution in [0.2, 0.25) is 0 Å². The molecule has 0 aliphatic heterocycles. The number of fused-ring (bicyclic) bond motifs is 3. The molecule has 3 heteroatoms. The highest BCUT2D eigenvalue weighted by Crippen LogP contribution is 2.42. The van der Waals surface area contributed by atoms with Crippen LogP contribution in [0.3, 0.4) is 0 Å². The molecule has 0 aliphatic carbocycles. The zero-order chi connectivity index (χ0) is 25.3. The molecule has 2 heterocycles. The van der Waals surface area contributed by atoms with Crippen LogP contribution < -0.4 is 4.57 Å². The van der Waals surface area contributed by atoms with Gasteiger partial charge in [-0.25, -0.2) is 4.85 Å². The number of nitrogens with zero attached hydrogens (tertiary/aromatic N) is 2. The van der Waals surface area contributed by atoms with Gasteiger partial charge in [-0.3, -0.25) is 0 Å². The van der Waals surface area contributed by atoms with Crippen LogP contribution in [0.4, 0.5) is 5.69 Å². The van der Waals surface area contributed by atoms with E-state index in [0.29, 0.717) is 38.9 Å². The van der Waals surface area contributed by atoms with E-state index in [9.17, 15) is 0 Å². The van der Waals surface area contributed by atoms with Gasteiger partial charge in [0.1, 0.15) is 18.2 Å². The third-order valence-electron chi connectivity index (χ3n) is 5.18. The summed E-state index contributed by atoms with van der Waals surface area (Å²) >= 11 is 0. The number of benzene rings is 2. The van der Waals surface area contributed by atoms with Crippen LogP contribution in [0.5, 0.6) is 0 Å². The summed E-state index contributed by atoms with van der Waals surface area (Å²) in [4.78, 5) is 3.52. The van der Waals surface area contributed by atoms with Crippen molar-refractivity contribution < 1.29 is 18.6 Å². The molecule has 2 aromatic carbocycles. The maximum Gasteiger partial charge on any atom is 0.229 e. The molecular weight excluding hydrogens is 332 g/mol. The maximum absolute atomic E-state index is 8.88. The Morgan fingerprint density at radius 1 is 1.11 bits per heavy atom. The molecule has 0 fully saturated rings. The minimum absolute atomic E-state index is 0.0242. The summed E-state index contributed by atoms with van der Waals surface area (Å²) in [6, 6.07) is 6.61. The van der Waals surface area contributed by atoms with Crippen molar-refractivity contribution in [2.75, 3.05) is 0 Å². The lowest BCUT2D eigenvalue weighted by molar-refractivity contribution is -0.667. The third-order valence-corrected chi connectivity index (χ3v) is 5.18. The zero-order valence-electron chi connectivity index (χ0n) is 22.6. The third kappa shape index (κ3) is 2.37. The van der Waals surface area contributed by atoms with Gasteiger partial charge in [-0.1, -0.05) is 24.3 Å². The van der Waals surface area contributed by atoms with Crippen molar-refractivity contribution in [2.24, 2.45) is 7.05 Å². The first-order chi connectivity index (χ1) is 15.7. The number of furan rings is 1. The zero-order valence-corrected chi connectivity index (χ0v) is 15.6. The quantitative estimate of drug-likeness (QED) is 0.293. The monoisotopic (exact) mass is 362 g/mol. The van der Waals surface area contributed by atoms with Gasteiger partial charge in [-0.05, 0) is 44.2 Å². The lowest BCUT2D eigenvalue weighted by Crippen LogP contribution is -2.36. The van der Waals surface area contributed by atoms with Crippen molar-refractivity contribution in [1.82, 2.24) is 0 Å². The van der Waals surface area contributed by atoms with Crippen LogP contribution in [0, 0.1) is 41.0 Å². The van der Waals surface area contributed by atoms with Gasteiger partial charge in [0.25, 0.3) is 0 Å². The van der Waals surface area contributed by atoms with Crippen LogP contribution in [0.15, 0.2) is 34.7 Å². The van der Waals surface area contributed by atoms with Crippen molar-refractivity contribution in [3.63, 3.8) is 0 Å². The second kappa shape index (κ2) is 5.96. The van der Waals surface area contributed by atoms with Crippen LogP contribution >= 0.6 is 0 Å². The number of rotatable bonds is 1. The van der Waals surface area contributed by atoms with E-state index in [2.05, 4.69) is 4.85 Å². The Morgan fingerprint density at radius 2 is 1.93 bits per heavy atom. The average molecular weight is 363 g/mol. The van der Waals surface area contributed by atoms with E-state index < -0.39 is 13.7 Å². The summed E-state index contributed by atoms with van der Waals surface area (Å²) in [6.45, 7) is 7.73. The largest absolute Gasteiger partial charge is 0.466 e. The predicted octanol–water partition coefficient (Wildman–Crippen LogP) is 6.17. The number of hydrogen-bond acceptors (Lipinski definition) is 1. The molecule has 0 spiro atoms. The fourth-order valence-corrected chi connectivity index (χ4v) is 3.63. The molecule has 27 heavy (non-hydrogen) atoms. The minimum atomic E-state index is -2.44. The molecule has 0 bridgehead atoms. The molecule has 4 rings (SSSR count). The topological polar surface area (TPSA) is 21.4 Å². The lowest BCUT2D eigenvalue weighted by Gasteiger charge is -2.11. The fraction of sp³-hybridized carbons (Fsp3) is 0.250. The van der Waals surface area contributed by atoms with Gasteiger partial charge < -0.3 is 4.42 Å². The number of aryl methyl sites for hydroxylation is 2. The van der Waals surface area contributed by atoms with Crippen LogP contribution in [0.25, 0.3) is 38.0 Å². The fourth-order valence-electron chi connectivity index (χ4n) is 3.63. The molecule has 0 N–H and O–H groups in total. The summed E-state index contributed by atoms with van der Waals surface area (Å²) in [5.41, 5.74) is 3.35. The molecule has 0 aliphatic rings. The highest BCUT2D eigenvalue weighted by atomic mass is 16.3. The first-order valence-electron chi connectivity index (χ1n) is 12.1. The summed E-state index contributed by atoms with van der Waals surface area (Å²) in [5.74, 6) is 0. The highest BCUT2D eigenvalue weighted by Gasteiger charge is 2.25. The van der Waals surface area contributed by atoms with Gasteiger partial charge in [-0.15, -0.1) is 0 Å². The molecule has 0 atom stereocenters. The first-order valence-corrected chi connectivity index (χ1v) is 8.57. The molecule has 2 aromatic heterocycles. The van der Waals surface area contributed by atoms with Gasteiger partial charge in [0.15, 0.2) is 5.69 Å². The number of pyridine rings is 1. The van der Waals surface area contributed by atoms with Crippen molar-refractivity contribution in [3.05, 3.63) is 69.7 Å². The first kappa shape index (κ1) is 10.9. The van der Waals surface area contributed by atoms with Crippen molar-refractivity contribution in [3.8, 4) is 11.3 Å². The molecule has 3 nitrogen and oxygen atoms in total. The minimum Gasteiger partial charge on any atom is -0.466 e. The molecule has 4 aromatic rings. The second-order valence-corrected chi connectivity index (χ2v) is 6.81. The summed E-state index contributed by atoms with van der Waals surface area (Å²) < 4.78 is 64.9. The van der Waals surface area contributed by atoms with E-state index in [0.717, 1.165) is 0 Å². The molecule has 0 radical (unpaired) electrons. The van der Waals surface area contributed by atoms with Gasteiger partial charge in [-0.2, -0.15) is 4.57 Å². The standard InChI is InChI=1S/C24H23N2O/c1-13-12-20(26(7)17(5)16(13)4)22-15(3)11-14(2)21-18-9-8-10-19(25-6)23(18)27-24(21)22/h8-12H,1-5,7H3/q+1/i2D3,4D3,12D. The average Bonchev–Trinajstić information content (AvgIpc) is 3.11. The Kier molecular flexibility index (Phi) is 2.40. The van der Waals surface area contributed by atoms with E-state index >= 15 is 0 Å². The van der Waals surface area contributed by atoms with Crippen molar-refractivity contribution in [2.45, 2.75) is 34.5 Å². The van der Waals surface area contributed by atoms with E-state index in [-0.39, 0.29) is 34.0 Å². The molecule has 134 valence electrons. The SMILES string of the molecule is [2H]c1c(C)c(C([2H])([2H])[2H])c(C)[n+](C)c1-c1c(C)cc(C([2H])([2H])[2H])c2c1oc1c([N+]#[C-])cccc12. The molecule has 0 saturated heterocycles. The molecule has 0 saturated carbocycles. The Balaban J connectivity index is 2.27. The predicted molar refractivity (Wildman–Crippen MR) is 110 cm³/mol. The van der Waals surface area contributed by atoms with Gasteiger partial charge in [0.05, 0.1) is 13.5 Å². The normalized spacial score (nSPS) is 16.0. The van der Waals surface area contributed by atoms with E-state index in [4.69, 9.17) is 20.6 Å². The van der Waals surface area contributed by atoms with Gasteiger partial charge in [0, 0.05) is 37.5 Å². The number of para-hydroxylation sites is 1. The highest BCUT2D eigenvalue weighted by molar-refractivity contribution is 6.14. The Labute approximate surface area is 169 Å². The van der Waals surface area contributed by atoms with Crippen LogP contribution in [-0.4, -0.2) is 0 Å². The molecular formula is C24H23N2O+. The Hall–Kier alpha value is -3.12. The van der Waals surface area contributed by atoms with E-state index in [1.165, 1.54) is 0 Å². The lowest BCUT2D eigenvalue weighted by atomic mass is 9.95. The van der Waals surface area contributed by atoms with Crippen LogP contribution in [-0.2, 0) is 7.05 Å².